The smallest absolute Gasteiger partial charge is 0.168 e. The molecule has 2 atom stereocenters. The number of likely N-dealkylation sites (N-methyl/N-ethyl adjacent to an activating group) is 1. The summed E-state index contributed by atoms with van der Waals surface area (Å²) in [5, 5.41) is 4.74. The third-order valence-corrected chi connectivity index (χ3v) is 6.52. The molecule has 0 amide bonds. The molecule has 2 unspecified atom stereocenters. The zero-order chi connectivity index (χ0) is 13.5. The van der Waals surface area contributed by atoms with Crippen molar-refractivity contribution in [3.63, 3.8) is 0 Å². The second-order valence-corrected chi connectivity index (χ2v) is 7.58. The van der Waals surface area contributed by atoms with E-state index in [-0.39, 0.29) is 0 Å². The van der Waals surface area contributed by atoms with Crippen LogP contribution in [0.1, 0.15) is 25.7 Å². The van der Waals surface area contributed by atoms with Crippen molar-refractivity contribution in [2.45, 2.75) is 37.8 Å². The van der Waals surface area contributed by atoms with E-state index < -0.39 is 0 Å². The Morgan fingerprint density at radius 3 is 3.15 bits per heavy atom. The fourth-order valence-electron chi connectivity index (χ4n) is 3.40. The Morgan fingerprint density at radius 1 is 1.40 bits per heavy atom. The van der Waals surface area contributed by atoms with Gasteiger partial charge in [0.2, 0.25) is 0 Å². The van der Waals surface area contributed by atoms with Gasteiger partial charge in [-0.2, -0.15) is 0 Å². The Bertz CT molecular complexity index is 499. The fraction of sp³-hybridized carbons (Fsp3) is 0.714. The molecule has 20 heavy (non-hydrogen) atoms. The zero-order valence-electron chi connectivity index (χ0n) is 11.8. The Morgan fingerprint density at radius 2 is 2.30 bits per heavy atom. The van der Waals surface area contributed by atoms with E-state index >= 15 is 0 Å². The highest BCUT2D eigenvalue weighted by atomic mass is 32.2. The monoisotopic (exact) mass is 308 g/mol. The van der Waals surface area contributed by atoms with Crippen LogP contribution >= 0.6 is 23.5 Å². The molecule has 4 rings (SSSR count). The molecule has 0 aromatic heterocycles. The van der Waals surface area contributed by atoms with E-state index in [1.165, 1.54) is 41.7 Å². The van der Waals surface area contributed by atoms with Gasteiger partial charge in [0.25, 0.3) is 0 Å². The second kappa shape index (κ2) is 5.30. The van der Waals surface area contributed by atoms with Crippen molar-refractivity contribution in [1.82, 2.24) is 9.80 Å². The van der Waals surface area contributed by atoms with E-state index in [2.05, 4.69) is 27.2 Å². The van der Waals surface area contributed by atoms with Gasteiger partial charge in [0.1, 0.15) is 0 Å². The van der Waals surface area contributed by atoms with Gasteiger partial charge >= 0.3 is 0 Å². The molecule has 0 bridgehead atoms. The maximum atomic E-state index is 4.92. The summed E-state index contributed by atoms with van der Waals surface area (Å²) in [6.45, 7) is 2.02. The molecule has 1 aliphatic carbocycles. The zero-order valence-corrected chi connectivity index (χ0v) is 13.4. The second-order valence-electron chi connectivity index (χ2n) is 5.80. The van der Waals surface area contributed by atoms with Crippen LogP contribution in [0.2, 0.25) is 0 Å². The minimum absolute atomic E-state index is 0.562. The number of aliphatic imine (C=N–C) groups is 2. The van der Waals surface area contributed by atoms with Crippen LogP contribution in [0.3, 0.4) is 0 Å². The third kappa shape index (κ3) is 2.17. The van der Waals surface area contributed by atoms with Gasteiger partial charge in [0.05, 0.1) is 18.6 Å². The predicted molar refractivity (Wildman–Crippen MR) is 88.4 cm³/mol. The summed E-state index contributed by atoms with van der Waals surface area (Å²) in [7, 11) is 2.14. The molecule has 3 heterocycles. The summed E-state index contributed by atoms with van der Waals surface area (Å²) in [5.41, 5.74) is 1.44. The number of rotatable bonds is 2. The highest BCUT2D eigenvalue weighted by molar-refractivity contribution is 8.17. The Kier molecular flexibility index (Phi) is 3.46. The van der Waals surface area contributed by atoms with Gasteiger partial charge in [-0.05, 0) is 18.2 Å². The van der Waals surface area contributed by atoms with Crippen LogP contribution in [-0.2, 0) is 0 Å². The molecule has 4 aliphatic rings. The van der Waals surface area contributed by atoms with E-state index in [0.717, 1.165) is 18.8 Å². The maximum Gasteiger partial charge on any atom is 0.168 e. The van der Waals surface area contributed by atoms with Crippen molar-refractivity contribution >= 4 is 33.9 Å². The third-order valence-electron chi connectivity index (χ3n) is 4.48. The summed E-state index contributed by atoms with van der Waals surface area (Å²) in [6, 6.07) is 1.20. The quantitative estimate of drug-likeness (QED) is 0.785. The topological polar surface area (TPSA) is 31.2 Å². The molecule has 1 saturated carbocycles. The van der Waals surface area contributed by atoms with Gasteiger partial charge in [-0.3, -0.25) is 9.98 Å². The van der Waals surface area contributed by atoms with Crippen molar-refractivity contribution in [3.05, 3.63) is 11.1 Å². The average Bonchev–Trinajstić information content (AvgIpc) is 3.12. The molecule has 0 spiro atoms. The van der Waals surface area contributed by atoms with Crippen LogP contribution in [0.15, 0.2) is 21.1 Å². The number of nitrogens with zero attached hydrogens (tertiary/aromatic N) is 4. The van der Waals surface area contributed by atoms with Gasteiger partial charge in [0, 0.05) is 25.0 Å². The first-order chi connectivity index (χ1) is 9.83. The molecule has 1 fully saturated rings. The number of hydrogen-bond acceptors (Lipinski definition) is 6. The first kappa shape index (κ1) is 13.1. The van der Waals surface area contributed by atoms with Crippen molar-refractivity contribution < 1.29 is 0 Å². The molecule has 0 aromatic rings. The van der Waals surface area contributed by atoms with Gasteiger partial charge in [-0.25, -0.2) is 0 Å². The van der Waals surface area contributed by atoms with E-state index in [1.807, 2.05) is 23.5 Å². The summed E-state index contributed by atoms with van der Waals surface area (Å²) in [6.07, 6.45) is 5.30. The van der Waals surface area contributed by atoms with Crippen LogP contribution in [-0.4, -0.2) is 58.1 Å². The first-order valence-corrected chi connectivity index (χ1v) is 9.30. The normalized spacial score (nSPS) is 31.9. The lowest BCUT2D eigenvalue weighted by Crippen LogP contribution is -2.39. The minimum atomic E-state index is 0.562. The summed E-state index contributed by atoms with van der Waals surface area (Å²) in [4.78, 5) is 14.3. The van der Waals surface area contributed by atoms with E-state index in [1.54, 1.807) is 0 Å². The number of amidine groups is 2. The molecule has 0 radical (unpaired) electrons. The van der Waals surface area contributed by atoms with Crippen molar-refractivity contribution in [2.24, 2.45) is 9.98 Å². The Hall–Kier alpha value is -0.620. The lowest BCUT2D eigenvalue weighted by atomic mass is 9.91. The van der Waals surface area contributed by atoms with Crippen molar-refractivity contribution in [1.29, 1.82) is 0 Å². The summed E-state index contributed by atoms with van der Waals surface area (Å²) >= 11 is 3.69. The van der Waals surface area contributed by atoms with E-state index in [0.29, 0.717) is 12.1 Å². The van der Waals surface area contributed by atoms with Gasteiger partial charge in [-0.1, -0.05) is 36.4 Å². The van der Waals surface area contributed by atoms with Crippen LogP contribution < -0.4 is 0 Å². The first-order valence-electron chi connectivity index (χ1n) is 7.44. The van der Waals surface area contributed by atoms with E-state index in [4.69, 9.17) is 4.99 Å². The largest absolute Gasteiger partial charge is 0.353 e. The van der Waals surface area contributed by atoms with Crippen LogP contribution in [0, 0.1) is 0 Å². The number of thioether (sulfide) groups is 2. The van der Waals surface area contributed by atoms with Crippen LogP contribution in [0.5, 0.6) is 0 Å². The van der Waals surface area contributed by atoms with Crippen molar-refractivity contribution in [2.75, 3.05) is 25.9 Å². The van der Waals surface area contributed by atoms with Gasteiger partial charge in [0.15, 0.2) is 10.3 Å². The molecule has 0 aromatic carbocycles. The van der Waals surface area contributed by atoms with Crippen LogP contribution in [0.4, 0.5) is 0 Å². The van der Waals surface area contributed by atoms with Gasteiger partial charge < -0.3 is 9.80 Å². The summed E-state index contributed by atoms with van der Waals surface area (Å²) < 4.78 is 0. The molecular formula is C14H20N4S2. The Balaban J connectivity index is 1.43. The molecule has 6 heteroatoms. The Labute approximate surface area is 128 Å². The molecule has 4 nitrogen and oxygen atoms in total. The predicted octanol–water partition coefficient (Wildman–Crippen LogP) is 2.59. The average molecular weight is 308 g/mol. The standard InChI is InChI=1S/C14H20N4S2/c1-17-7-6-15-13(17)19-8-10-9-20-14-16-11-4-2-3-5-12(11)18(10)14/h9,11-12H,2-8H2,1H3. The number of hydrogen-bond donors (Lipinski definition) is 0. The van der Waals surface area contributed by atoms with Crippen LogP contribution in [0.25, 0.3) is 0 Å². The minimum Gasteiger partial charge on any atom is -0.353 e. The SMILES string of the molecule is CN1CCN=C1SCC1=CSC2=NC3CCCCC3N12. The van der Waals surface area contributed by atoms with E-state index in [9.17, 15) is 0 Å². The molecule has 0 saturated heterocycles. The molecule has 3 aliphatic heterocycles. The fourth-order valence-corrected chi connectivity index (χ4v) is 5.50. The lowest BCUT2D eigenvalue weighted by Gasteiger charge is -2.32. The highest BCUT2D eigenvalue weighted by Crippen LogP contribution is 2.41. The number of fused-ring (bicyclic) bond motifs is 3. The van der Waals surface area contributed by atoms with Crippen molar-refractivity contribution in [3.8, 4) is 0 Å². The highest BCUT2D eigenvalue weighted by Gasteiger charge is 2.41. The molecule has 108 valence electrons. The molecule has 0 N–H and O–H groups in total. The van der Waals surface area contributed by atoms with Gasteiger partial charge in [-0.15, -0.1) is 0 Å². The maximum absolute atomic E-state index is 4.92. The molecular weight excluding hydrogens is 288 g/mol. The summed E-state index contributed by atoms with van der Waals surface area (Å²) in [5.74, 6) is 1.03. The lowest BCUT2D eigenvalue weighted by molar-refractivity contribution is 0.285.